The smallest absolute Gasteiger partial charge is 0.267 e. The van der Waals surface area contributed by atoms with Crippen LogP contribution in [-0.4, -0.2) is 34.1 Å². The third kappa shape index (κ3) is 5.01. The summed E-state index contributed by atoms with van der Waals surface area (Å²) in [6.07, 6.45) is 3.71. The fourth-order valence-corrected chi connectivity index (χ4v) is 3.88. The van der Waals surface area contributed by atoms with Crippen molar-refractivity contribution in [3.05, 3.63) is 71.4 Å². The Morgan fingerprint density at radius 3 is 2.65 bits per heavy atom. The highest BCUT2D eigenvalue weighted by Gasteiger charge is 2.14. The van der Waals surface area contributed by atoms with Crippen molar-refractivity contribution in [2.24, 2.45) is 5.73 Å². The molecule has 31 heavy (non-hydrogen) atoms. The van der Waals surface area contributed by atoms with Gasteiger partial charge in [0.15, 0.2) is 0 Å². The van der Waals surface area contributed by atoms with Crippen LogP contribution in [0.1, 0.15) is 22.5 Å². The highest BCUT2D eigenvalue weighted by molar-refractivity contribution is 7.17. The zero-order valence-electron chi connectivity index (χ0n) is 16.5. The number of nitrogens with two attached hydrogens (primary N) is 1. The molecule has 0 saturated heterocycles. The van der Waals surface area contributed by atoms with Crippen molar-refractivity contribution in [3.8, 4) is 17.0 Å². The van der Waals surface area contributed by atoms with Gasteiger partial charge in [0.25, 0.3) is 5.91 Å². The van der Waals surface area contributed by atoms with E-state index in [-0.39, 0.29) is 11.5 Å². The zero-order chi connectivity index (χ0) is 21.6. The van der Waals surface area contributed by atoms with E-state index < -0.39 is 5.91 Å². The van der Waals surface area contributed by atoms with E-state index in [1.807, 2.05) is 5.38 Å². The summed E-state index contributed by atoms with van der Waals surface area (Å²) in [4.78, 5) is 24.4. The number of halogens is 1. The molecule has 0 bridgehead atoms. The van der Waals surface area contributed by atoms with Crippen LogP contribution in [0, 0.1) is 5.82 Å². The Morgan fingerprint density at radius 2 is 1.90 bits per heavy atom. The van der Waals surface area contributed by atoms with Crippen molar-refractivity contribution in [3.63, 3.8) is 0 Å². The van der Waals surface area contributed by atoms with Crippen LogP contribution in [0.2, 0.25) is 0 Å². The predicted octanol–water partition coefficient (Wildman–Crippen LogP) is 3.98. The normalized spacial score (nSPS) is 11.0. The van der Waals surface area contributed by atoms with Gasteiger partial charge in [-0.1, -0.05) is 18.2 Å². The molecule has 4 aromatic rings. The molecule has 4 rings (SSSR count). The number of hydrogen-bond acceptors (Lipinski definition) is 7. The number of benzene rings is 1. The molecule has 9 heteroatoms. The fourth-order valence-electron chi connectivity index (χ4n) is 2.97. The molecule has 0 fully saturated rings. The molecule has 0 radical (unpaired) electrons. The maximum Gasteiger partial charge on any atom is 0.267 e. The molecule has 0 aliphatic rings. The molecule has 7 nitrogen and oxygen atoms in total. The van der Waals surface area contributed by atoms with Gasteiger partial charge in [-0.2, -0.15) is 0 Å². The number of carbonyl (C=O) groups excluding carboxylic acids is 1. The molecule has 0 saturated carbocycles. The molecule has 1 aromatic carbocycles. The van der Waals surface area contributed by atoms with Gasteiger partial charge in [0.05, 0.1) is 25.2 Å². The number of thiophene rings is 1. The summed E-state index contributed by atoms with van der Waals surface area (Å²) in [5.74, 6) is -0.343. The van der Waals surface area contributed by atoms with E-state index in [0.29, 0.717) is 32.1 Å². The van der Waals surface area contributed by atoms with Gasteiger partial charge < -0.3 is 15.2 Å². The second kappa shape index (κ2) is 9.59. The SMILES string of the molecule is NC(=O)c1ccc(COCCCOc2ncnc3scc(-c4ccc(F)cc4)c23)cn1. The summed E-state index contributed by atoms with van der Waals surface area (Å²) in [7, 11) is 0. The summed E-state index contributed by atoms with van der Waals surface area (Å²) < 4.78 is 24.8. The minimum atomic E-state index is -0.559. The van der Waals surface area contributed by atoms with E-state index in [4.69, 9.17) is 15.2 Å². The summed E-state index contributed by atoms with van der Waals surface area (Å²) in [6, 6.07) is 9.65. The number of hydrogen-bond donors (Lipinski definition) is 1. The first kappa shape index (κ1) is 20.8. The molecule has 0 aliphatic carbocycles. The quantitative estimate of drug-likeness (QED) is 0.397. The number of ether oxygens (including phenoxy) is 2. The highest BCUT2D eigenvalue weighted by Crippen LogP contribution is 2.37. The monoisotopic (exact) mass is 438 g/mol. The summed E-state index contributed by atoms with van der Waals surface area (Å²) in [5.41, 5.74) is 8.05. The molecule has 3 heterocycles. The van der Waals surface area contributed by atoms with Crippen LogP contribution in [0.4, 0.5) is 4.39 Å². The largest absolute Gasteiger partial charge is 0.477 e. The van der Waals surface area contributed by atoms with Gasteiger partial charge in [-0.3, -0.25) is 9.78 Å². The van der Waals surface area contributed by atoms with E-state index >= 15 is 0 Å². The molecule has 0 aliphatic heterocycles. The first-order valence-electron chi connectivity index (χ1n) is 9.55. The van der Waals surface area contributed by atoms with Gasteiger partial charge >= 0.3 is 0 Å². The van der Waals surface area contributed by atoms with Crippen molar-refractivity contribution < 1.29 is 18.7 Å². The molecular weight excluding hydrogens is 419 g/mol. The molecular formula is C22H19FN4O3S. The minimum absolute atomic E-state index is 0.224. The van der Waals surface area contributed by atoms with Crippen molar-refractivity contribution in [1.82, 2.24) is 15.0 Å². The summed E-state index contributed by atoms with van der Waals surface area (Å²) in [6.45, 7) is 1.28. The van der Waals surface area contributed by atoms with Crippen LogP contribution in [0.15, 0.2) is 54.3 Å². The lowest BCUT2D eigenvalue weighted by Crippen LogP contribution is -2.13. The van der Waals surface area contributed by atoms with Crippen molar-refractivity contribution >= 4 is 27.5 Å². The van der Waals surface area contributed by atoms with Crippen LogP contribution in [0.5, 0.6) is 5.88 Å². The molecule has 0 spiro atoms. The Morgan fingerprint density at radius 1 is 1.06 bits per heavy atom. The van der Waals surface area contributed by atoms with Gasteiger partial charge in [0.2, 0.25) is 5.88 Å². The predicted molar refractivity (Wildman–Crippen MR) is 115 cm³/mol. The van der Waals surface area contributed by atoms with Crippen molar-refractivity contribution in [1.29, 1.82) is 0 Å². The number of rotatable bonds is 9. The third-order valence-electron chi connectivity index (χ3n) is 4.51. The molecule has 3 aromatic heterocycles. The maximum absolute atomic E-state index is 13.3. The number of primary amides is 1. The standard InChI is InChI=1S/C22H19FN4O3S/c23-16-5-3-15(4-6-16)17-12-31-22-19(17)21(26-13-27-22)30-9-1-8-29-11-14-2-7-18(20(24)28)25-10-14/h2-7,10,12-13H,1,8-9,11H2,(H2,24,28). The average Bonchev–Trinajstić information content (AvgIpc) is 3.22. The van der Waals surface area contributed by atoms with Crippen molar-refractivity contribution in [2.45, 2.75) is 13.0 Å². The number of carbonyl (C=O) groups is 1. The lowest BCUT2D eigenvalue weighted by molar-refractivity contribution is 0.0993. The fraction of sp³-hybridized carbons (Fsp3) is 0.182. The minimum Gasteiger partial charge on any atom is -0.477 e. The Kier molecular flexibility index (Phi) is 6.44. The first-order chi connectivity index (χ1) is 15.1. The summed E-state index contributed by atoms with van der Waals surface area (Å²) in [5, 5.41) is 2.79. The van der Waals surface area contributed by atoms with E-state index in [0.717, 1.165) is 26.9 Å². The second-order valence-electron chi connectivity index (χ2n) is 6.69. The van der Waals surface area contributed by atoms with Gasteiger partial charge in [0.1, 0.15) is 22.7 Å². The van der Waals surface area contributed by atoms with Gasteiger partial charge in [-0.05, 0) is 29.3 Å². The Balaban J connectivity index is 1.32. The average molecular weight is 438 g/mol. The highest BCUT2D eigenvalue weighted by atomic mass is 32.1. The van der Waals surface area contributed by atoms with E-state index in [1.54, 1.807) is 30.5 Å². The van der Waals surface area contributed by atoms with Gasteiger partial charge in [-0.15, -0.1) is 11.3 Å². The molecule has 1 amide bonds. The lowest BCUT2D eigenvalue weighted by atomic mass is 10.1. The van der Waals surface area contributed by atoms with Gasteiger partial charge in [0, 0.05) is 23.6 Å². The van der Waals surface area contributed by atoms with Crippen LogP contribution >= 0.6 is 11.3 Å². The summed E-state index contributed by atoms with van der Waals surface area (Å²) >= 11 is 1.49. The Labute approximate surface area is 181 Å². The third-order valence-corrected chi connectivity index (χ3v) is 5.39. The van der Waals surface area contributed by atoms with Crippen molar-refractivity contribution in [2.75, 3.05) is 13.2 Å². The topological polar surface area (TPSA) is 100 Å². The molecule has 0 atom stereocenters. The van der Waals surface area contributed by atoms with E-state index in [2.05, 4.69) is 15.0 Å². The van der Waals surface area contributed by atoms with Crippen LogP contribution < -0.4 is 10.5 Å². The zero-order valence-corrected chi connectivity index (χ0v) is 17.3. The maximum atomic E-state index is 13.3. The van der Waals surface area contributed by atoms with E-state index in [1.165, 1.54) is 29.8 Å². The second-order valence-corrected chi connectivity index (χ2v) is 7.54. The van der Waals surface area contributed by atoms with Gasteiger partial charge in [-0.25, -0.2) is 14.4 Å². The van der Waals surface area contributed by atoms with Crippen LogP contribution in [0.3, 0.4) is 0 Å². The van der Waals surface area contributed by atoms with Crippen LogP contribution in [0.25, 0.3) is 21.3 Å². The van der Waals surface area contributed by atoms with E-state index in [9.17, 15) is 9.18 Å². The number of aromatic nitrogens is 3. The lowest BCUT2D eigenvalue weighted by Gasteiger charge is -2.08. The number of fused-ring (bicyclic) bond motifs is 1. The van der Waals surface area contributed by atoms with Crippen LogP contribution in [-0.2, 0) is 11.3 Å². The Hall–Kier alpha value is -3.43. The first-order valence-corrected chi connectivity index (χ1v) is 10.4. The molecule has 158 valence electrons. The Bertz CT molecular complexity index is 1180. The molecule has 0 unspecified atom stereocenters. The molecule has 2 N–H and O–H groups in total. The number of amides is 1. The number of nitrogens with zero attached hydrogens (tertiary/aromatic N) is 3. The number of pyridine rings is 1.